The van der Waals surface area contributed by atoms with E-state index >= 15 is 0 Å². The van der Waals surface area contributed by atoms with Crippen molar-refractivity contribution in [3.8, 4) is 11.6 Å². The fourth-order valence-electron chi connectivity index (χ4n) is 1.69. The third kappa shape index (κ3) is 4.04. The van der Waals surface area contributed by atoms with E-state index in [2.05, 4.69) is 33.2 Å². The highest BCUT2D eigenvalue weighted by Crippen LogP contribution is 2.25. The SMILES string of the molecule is CCNCc1ccnc(Oc2ccc(Br)c(C)c2)c1. The van der Waals surface area contributed by atoms with E-state index < -0.39 is 0 Å². The van der Waals surface area contributed by atoms with Gasteiger partial charge in [-0.3, -0.25) is 0 Å². The van der Waals surface area contributed by atoms with Crippen molar-refractivity contribution >= 4 is 15.9 Å². The van der Waals surface area contributed by atoms with Gasteiger partial charge in [0.1, 0.15) is 5.75 Å². The van der Waals surface area contributed by atoms with E-state index in [1.54, 1.807) is 6.20 Å². The van der Waals surface area contributed by atoms with E-state index in [0.29, 0.717) is 5.88 Å². The summed E-state index contributed by atoms with van der Waals surface area (Å²) in [5, 5.41) is 3.28. The molecule has 4 heteroatoms. The number of hydrogen-bond acceptors (Lipinski definition) is 3. The van der Waals surface area contributed by atoms with Crippen molar-refractivity contribution in [2.24, 2.45) is 0 Å². The van der Waals surface area contributed by atoms with Gasteiger partial charge in [-0.1, -0.05) is 22.9 Å². The second-order valence-corrected chi connectivity index (χ2v) is 5.15. The van der Waals surface area contributed by atoms with Gasteiger partial charge in [-0.25, -0.2) is 4.98 Å². The van der Waals surface area contributed by atoms with Crippen LogP contribution in [-0.4, -0.2) is 11.5 Å². The van der Waals surface area contributed by atoms with Gasteiger partial charge in [0.25, 0.3) is 0 Å². The van der Waals surface area contributed by atoms with E-state index in [-0.39, 0.29) is 0 Å². The van der Waals surface area contributed by atoms with Crippen LogP contribution in [0.1, 0.15) is 18.1 Å². The molecule has 0 amide bonds. The van der Waals surface area contributed by atoms with Crippen molar-refractivity contribution in [2.45, 2.75) is 20.4 Å². The summed E-state index contributed by atoms with van der Waals surface area (Å²) in [6.45, 7) is 5.90. The first-order valence-electron chi connectivity index (χ1n) is 6.28. The predicted octanol–water partition coefficient (Wildman–Crippen LogP) is 4.05. The van der Waals surface area contributed by atoms with Gasteiger partial charge in [-0.15, -0.1) is 0 Å². The van der Waals surface area contributed by atoms with Crippen molar-refractivity contribution in [1.82, 2.24) is 10.3 Å². The summed E-state index contributed by atoms with van der Waals surface area (Å²) in [7, 11) is 0. The van der Waals surface area contributed by atoms with E-state index in [9.17, 15) is 0 Å². The molecular formula is C15H17BrN2O. The zero-order chi connectivity index (χ0) is 13.7. The monoisotopic (exact) mass is 320 g/mol. The Morgan fingerprint density at radius 1 is 1.26 bits per heavy atom. The molecule has 0 atom stereocenters. The molecule has 1 heterocycles. The molecule has 2 rings (SSSR count). The molecular weight excluding hydrogens is 304 g/mol. The molecule has 0 aliphatic carbocycles. The molecule has 0 saturated heterocycles. The topological polar surface area (TPSA) is 34.2 Å². The number of halogens is 1. The molecule has 0 saturated carbocycles. The van der Waals surface area contributed by atoms with Crippen LogP contribution in [-0.2, 0) is 6.54 Å². The molecule has 0 radical (unpaired) electrons. The number of aryl methyl sites for hydroxylation is 1. The van der Waals surface area contributed by atoms with Crippen LogP contribution in [0.2, 0.25) is 0 Å². The Kier molecular flexibility index (Phi) is 4.93. The molecule has 0 aliphatic rings. The molecule has 19 heavy (non-hydrogen) atoms. The van der Waals surface area contributed by atoms with Crippen molar-refractivity contribution in [2.75, 3.05) is 6.54 Å². The maximum absolute atomic E-state index is 5.78. The van der Waals surface area contributed by atoms with Crippen LogP contribution in [0.5, 0.6) is 11.6 Å². The number of benzene rings is 1. The summed E-state index contributed by atoms with van der Waals surface area (Å²) in [5.41, 5.74) is 2.31. The Morgan fingerprint density at radius 3 is 2.84 bits per heavy atom. The minimum atomic E-state index is 0.622. The second kappa shape index (κ2) is 6.68. The maximum Gasteiger partial charge on any atom is 0.219 e. The van der Waals surface area contributed by atoms with Gasteiger partial charge in [0.15, 0.2) is 0 Å². The highest BCUT2D eigenvalue weighted by atomic mass is 79.9. The van der Waals surface area contributed by atoms with Gasteiger partial charge in [-0.2, -0.15) is 0 Å². The van der Waals surface area contributed by atoms with Crippen molar-refractivity contribution in [3.05, 3.63) is 52.1 Å². The van der Waals surface area contributed by atoms with Gasteiger partial charge in [0, 0.05) is 23.3 Å². The Morgan fingerprint density at radius 2 is 2.11 bits per heavy atom. The molecule has 1 aromatic carbocycles. The summed E-state index contributed by atoms with van der Waals surface area (Å²) in [5.74, 6) is 1.42. The number of rotatable bonds is 5. The summed E-state index contributed by atoms with van der Waals surface area (Å²) < 4.78 is 6.85. The number of aromatic nitrogens is 1. The number of hydrogen-bond donors (Lipinski definition) is 1. The molecule has 0 aliphatic heterocycles. The Balaban J connectivity index is 2.11. The first kappa shape index (κ1) is 14.0. The lowest BCUT2D eigenvalue weighted by atomic mass is 10.2. The summed E-state index contributed by atoms with van der Waals surface area (Å²) >= 11 is 3.48. The third-order valence-electron chi connectivity index (χ3n) is 2.73. The van der Waals surface area contributed by atoms with Crippen LogP contribution in [0.3, 0.4) is 0 Å². The third-order valence-corrected chi connectivity index (χ3v) is 3.62. The average Bonchev–Trinajstić information content (AvgIpc) is 2.41. The van der Waals surface area contributed by atoms with E-state index in [1.165, 1.54) is 5.56 Å². The highest BCUT2D eigenvalue weighted by molar-refractivity contribution is 9.10. The number of ether oxygens (including phenoxy) is 1. The number of nitrogens with zero attached hydrogens (tertiary/aromatic N) is 1. The molecule has 0 spiro atoms. The van der Waals surface area contributed by atoms with Crippen LogP contribution >= 0.6 is 15.9 Å². The Hall–Kier alpha value is -1.39. The molecule has 1 aromatic heterocycles. The molecule has 0 bridgehead atoms. The van der Waals surface area contributed by atoms with Gasteiger partial charge < -0.3 is 10.1 Å². The molecule has 100 valence electrons. The van der Waals surface area contributed by atoms with E-state index in [4.69, 9.17) is 4.74 Å². The maximum atomic E-state index is 5.78. The Labute approximate surface area is 122 Å². The van der Waals surface area contributed by atoms with Crippen LogP contribution in [0, 0.1) is 6.92 Å². The zero-order valence-corrected chi connectivity index (χ0v) is 12.7. The first-order valence-corrected chi connectivity index (χ1v) is 7.08. The van der Waals surface area contributed by atoms with E-state index in [1.807, 2.05) is 37.3 Å². The summed E-state index contributed by atoms with van der Waals surface area (Å²) in [6.07, 6.45) is 1.77. The fraction of sp³-hybridized carbons (Fsp3) is 0.267. The smallest absolute Gasteiger partial charge is 0.219 e. The molecule has 1 N–H and O–H groups in total. The standard InChI is InChI=1S/C15H17BrN2O/c1-3-17-10-12-6-7-18-15(9-12)19-13-4-5-14(16)11(2)8-13/h4-9,17H,3,10H2,1-2H3. The molecule has 0 fully saturated rings. The Bertz CT molecular complexity index is 558. The first-order chi connectivity index (χ1) is 9.19. The van der Waals surface area contributed by atoms with Crippen LogP contribution in [0.4, 0.5) is 0 Å². The lowest BCUT2D eigenvalue weighted by molar-refractivity contribution is 0.461. The second-order valence-electron chi connectivity index (χ2n) is 4.30. The largest absolute Gasteiger partial charge is 0.439 e. The van der Waals surface area contributed by atoms with Gasteiger partial charge in [0.2, 0.25) is 5.88 Å². The number of pyridine rings is 1. The minimum absolute atomic E-state index is 0.622. The molecule has 0 unspecified atom stereocenters. The van der Waals surface area contributed by atoms with Crippen LogP contribution in [0.25, 0.3) is 0 Å². The minimum Gasteiger partial charge on any atom is -0.439 e. The van der Waals surface area contributed by atoms with Gasteiger partial charge in [0.05, 0.1) is 0 Å². The average molecular weight is 321 g/mol. The van der Waals surface area contributed by atoms with Crippen LogP contribution in [0.15, 0.2) is 41.0 Å². The fourth-order valence-corrected chi connectivity index (χ4v) is 1.93. The van der Waals surface area contributed by atoms with Crippen molar-refractivity contribution in [3.63, 3.8) is 0 Å². The van der Waals surface area contributed by atoms with Crippen molar-refractivity contribution < 1.29 is 4.74 Å². The quantitative estimate of drug-likeness (QED) is 0.902. The van der Waals surface area contributed by atoms with Gasteiger partial charge >= 0.3 is 0 Å². The summed E-state index contributed by atoms with van der Waals surface area (Å²) in [4.78, 5) is 4.23. The van der Waals surface area contributed by atoms with E-state index in [0.717, 1.165) is 28.9 Å². The lowest BCUT2D eigenvalue weighted by Crippen LogP contribution is -2.11. The van der Waals surface area contributed by atoms with Crippen LogP contribution < -0.4 is 10.1 Å². The zero-order valence-electron chi connectivity index (χ0n) is 11.1. The number of nitrogens with one attached hydrogen (secondary N) is 1. The predicted molar refractivity (Wildman–Crippen MR) is 80.6 cm³/mol. The lowest BCUT2D eigenvalue weighted by Gasteiger charge is -2.08. The normalized spacial score (nSPS) is 10.5. The highest BCUT2D eigenvalue weighted by Gasteiger charge is 2.02. The van der Waals surface area contributed by atoms with Gasteiger partial charge in [-0.05, 0) is 48.9 Å². The molecule has 3 nitrogen and oxygen atoms in total. The van der Waals surface area contributed by atoms with Crippen molar-refractivity contribution in [1.29, 1.82) is 0 Å². The molecule has 2 aromatic rings. The summed E-state index contributed by atoms with van der Waals surface area (Å²) in [6, 6.07) is 9.84.